The molecule has 0 unspecified atom stereocenters. The van der Waals surface area contributed by atoms with Crippen LogP contribution in [0.25, 0.3) is 0 Å². The second-order valence-electron chi connectivity index (χ2n) is 6.07. The number of nitrogen functional groups attached to an aromatic ring is 1. The average Bonchev–Trinajstić information content (AvgIpc) is 2.28. The molecule has 1 heterocycles. The summed E-state index contributed by atoms with van der Waals surface area (Å²) in [6, 6.07) is 0.582. The maximum atomic E-state index is 6.05. The summed E-state index contributed by atoms with van der Waals surface area (Å²) >= 11 is 3.55. The first-order valence-electron chi connectivity index (χ1n) is 6.52. The third-order valence-electron chi connectivity index (χ3n) is 4.11. The summed E-state index contributed by atoms with van der Waals surface area (Å²) in [5.41, 5.74) is 8.37. The van der Waals surface area contributed by atoms with Crippen molar-refractivity contribution in [1.82, 2.24) is 4.98 Å². The standard InChI is InChI=1S/C14H22BrN3/c1-14(2)6-4-10(5-7-14)18(3)13-11(15)8-17-9-12(13)16/h8-10H,4-7,16H2,1-3H3. The summed E-state index contributed by atoms with van der Waals surface area (Å²) in [5.74, 6) is 0. The zero-order valence-electron chi connectivity index (χ0n) is 11.4. The fourth-order valence-corrected chi connectivity index (χ4v) is 3.40. The van der Waals surface area contributed by atoms with Crippen LogP contribution in [0.5, 0.6) is 0 Å². The molecule has 0 amide bonds. The van der Waals surface area contributed by atoms with Gasteiger partial charge >= 0.3 is 0 Å². The Labute approximate surface area is 118 Å². The Morgan fingerprint density at radius 2 is 1.94 bits per heavy atom. The van der Waals surface area contributed by atoms with Crippen LogP contribution in [0.15, 0.2) is 16.9 Å². The molecule has 0 radical (unpaired) electrons. The molecule has 3 nitrogen and oxygen atoms in total. The van der Waals surface area contributed by atoms with E-state index in [2.05, 4.69) is 46.7 Å². The summed E-state index contributed by atoms with van der Waals surface area (Å²) in [4.78, 5) is 6.41. The van der Waals surface area contributed by atoms with Gasteiger partial charge in [-0.25, -0.2) is 0 Å². The van der Waals surface area contributed by atoms with E-state index in [1.165, 1.54) is 25.7 Å². The molecule has 0 bridgehead atoms. The molecule has 1 aliphatic rings. The Morgan fingerprint density at radius 1 is 1.33 bits per heavy atom. The van der Waals surface area contributed by atoms with Gasteiger partial charge in [-0.1, -0.05) is 13.8 Å². The van der Waals surface area contributed by atoms with Gasteiger partial charge in [0.25, 0.3) is 0 Å². The zero-order chi connectivity index (χ0) is 13.3. The first kappa shape index (κ1) is 13.7. The Morgan fingerprint density at radius 3 is 2.50 bits per heavy atom. The van der Waals surface area contributed by atoms with E-state index in [0.29, 0.717) is 11.5 Å². The molecule has 2 N–H and O–H groups in total. The van der Waals surface area contributed by atoms with Crippen LogP contribution in [0.4, 0.5) is 11.4 Å². The predicted molar refractivity (Wildman–Crippen MR) is 80.8 cm³/mol. The fraction of sp³-hybridized carbons (Fsp3) is 0.643. The minimum absolute atomic E-state index is 0.498. The van der Waals surface area contributed by atoms with E-state index in [-0.39, 0.29) is 0 Å². The molecule has 0 aromatic carbocycles. The van der Waals surface area contributed by atoms with Crippen LogP contribution < -0.4 is 10.6 Å². The molecule has 1 fully saturated rings. The lowest BCUT2D eigenvalue weighted by atomic mass is 9.75. The third-order valence-corrected chi connectivity index (χ3v) is 4.69. The lowest BCUT2D eigenvalue weighted by Crippen LogP contribution is -2.37. The Hall–Kier alpha value is -0.770. The summed E-state index contributed by atoms with van der Waals surface area (Å²) in [5, 5.41) is 0. The van der Waals surface area contributed by atoms with E-state index in [4.69, 9.17) is 5.73 Å². The van der Waals surface area contributed by atoms with Gasteiger partial charge in [-0.15, -0.1) is 0 Å². The summed E-state index contributed by atoms with van der Waals surface area (Å²) < 4.78 is 0.981. The van der Waals surface area contributed by atoms with E-state index >= 15 is 0 Å². The van der Waals surface area contributed by atoms with Crippen molar-refractivity contribution in [2.24, 2.45) is 5.41 Å². The van der Waals surface area contributed by atoms with Crippen molar-refractivity contribution in [2.75, 3.05) is 17.7 Å². The van der Waals surface area contributed by atoms with Crippen molar-refractivity contribution in [2.45, 2.75) is 45.6 Å². The normalized spacial score (nSPS) is 19.8. The number of nitrogens with two attached hydrogens (primary N) is 1. The number of rotatable bonds is 2. The second-order valence-corrected chi connectivity index (χ2v) is 6.92. The first-order chi connectivity index (χ1) is 8.41. The Bertz CT molecular complexity index is 401. The van der Waals surface area contributed by atoms with E-state index in [1.54, 1.807) is 6.20 Å². The summed E-state index contributed by atoms with van der Waals surface area (Å²) in [6.07, 6.45) is 8.57. The molecule has 0 atom stereocenters. The van der Waals surface area contributed by atoms with Crippen molar-refractivity contribution in [3.8, 4) is 0 Å². The molecule has 0 spiro atoms. The number of anilines is 2. The average molecular weight is 312 g/mol. The highest BCUT2D eigenvalue weighted by Gasteiger charge is 2.29. The fourth-order valence-electron chi connectivity index (χ4n) is 2.77. The molecule has 18 heavy (non-hydrogen) atoms. The largest absolute Gasteiger partial charge is 0.396 e. The summed E-state index contributed by atoms with van der Waals surface area (Å²) in [6.45, 7) is 4.72. The molecule has 4 heteroatoms. The number of pyridine rings is 1. The van der Waals surface area contributed by atoms with Crippen molar-refractivity contribution >= 4 is 27.3 Å². The van der Waals surface area contributed by atoms with Crippen molar-refractivity contribution < 1.29 is 0 Å². The molecule has 1 saturated carbocycles. The van der Waals surface area contributed by atoms with Gasteiger partial charge in [0.15, 0.2) is 0 Å². The van der Waals surface area contributed by atoms with Gasteiger partial charge in [0.1, 0.15) is 0 Å². The lowest BCUT2D eigenvalue weighted by Gasteiger charge is -2.40. The molecule has 0 saturated heterocycles. The number of hydrogen-bond donors (Lipinski definition) is 1. The van der Waals surface area contributed by atoms with Crippen LogP contribution in [0.3, 0.4) is 0 Å². The van der Waals surface area contributed by atoms with Gasteiger partial charge in [0.2, 0.25) is 0 Å². The van der Waals surface area contributed by atoms with Crippen molar-refractivity contribution in [3.05, 3.63) is 16.9 Å². The van der Waals surface area contributed by atoms with Gasteiger partial charge in [-0.05, 0) is 47.0 Å². The Balaban J connectivity index is 2.15. The molecular weight excluding hydrogens is 290 g/mol. The highest BCUT2D eigenvalue weighted by atomic mass is 79.9. The van der Waals surface area contributed by atoms with Crippen LogP contribution in [0.2, 0.25) is 0 Å². The van der Waals surface area contributed by atoms with E-state index in [9.17, 15) is 0 Å². The molecule has 1 aromatic rings. The lowest BCUT2D eigenvalue weighted by molar-refractivity contribution is 0.222. The van der Waals surface area contributed by atoms with E-state index in [1.807, 2.05) is 6.20 Å². The smallest absolute Gasteiger partial charge is 0.0775 e. The highest BCUT2D eigenvalue weighted by Crippen LogP contribution is 2.40. The molecule has 2 rings (SSSR count). The quantitative estimate of drug-likeness (QED) is 0.902. The number of halogens is 1. The molecular formula is C14H22BrN3. The molecule has 100 valence electrons. The topological polar surface area (TPSA) is 42.1 Å². The highest BCUT2D eigenvalue weighted by molar-refractivity contribution is 9.10. The first-order valence-corrected chi connectivity index (χ1v) is 7.32. The maximum absolute atomic E-state index is 6.05. The molecule has 1 aromatic heterocycles. The number of nitrogens with zero attached hydrogens (tertiary/aromatic N) is 2. The van der Waals surface area contributed by atoms with Gasteiger partial charge in [0, 0.05) is 19.3 Å². The number of aromatic nitrogens is 1. The van der Waals surface area contributed by atoms with Gasteiger partial charge in [0.05, 0.1) is 22.0 Å². The van der Waals surface area contributed by atoms with Crippen LogP contribution in [-0.2, 0) is 0 Å². The van der Waals surface area contributed by atoms with Crippen molar-refractivity contribution in [3.63, 3.8) is 0 Å². The van der Waals surface area contributed by atoms with Crippen LogP contribution in [0.1, 0.15) is 39.5 Å². The minimum atomic E-state index is 0.498. The van der Waals surface area contributed by atoms with Gasteiger partial charge in [-0.3, -0.25) is 4.98 Å². The van der Waals surface area contributed by atoms with Crippen LogP contribution >= 0.6 is 15.9 Å². The van der Waals surface area contributed by atoms with E-state index < -0.39 is 0 Å². The third kappa shape index (κ3) is 2.79. The minimum Gasteiger partial charge on any atom is -0.396 e. The maximum Gasteiger partial charge on any atom is 0.0775 e. The predicted octanol–water partition coefficient (Wildman–Crippen LogP) is 3.83. The van der Waals surface area contributed by atoms with Crippen molar-refractivity contribution in [1.29, 1.82) is 0 Å². The zero-order valence-corrected chi connectivity index (χ0v) is 13.0. The van der Waals surface area contributed by atoms with Gasteiger partial charge < -0.3 is 10.6 Å². The molecule has 0 aliphatic heterocycles. The SMILES string of the molecule is CN(c1c(N)cncc1Br)C1CCC(C)(C)CC1. The summed E-state index contributed by atoms with van der Waals surface area (Å²) in [7, 11) is 2.14. The second kappa shape index (κ2) is 5.08. The van der Waals surface area contributed by atoms with Crippen LogP contribution in [0, 0.1) is 5.41 Å². The Kier molecular flexibility index (Phi) is 3.85. The monoisotopic (exact) mass is 311 g/mol. The van der Waals surface area contributed by atoms with E-state index in [0.717, 1.165) is 15.8 Å². The van der Waals surface area contributed by atoms with Gasteiger partial charge in [-0.2, -0.15) is 0 Å². The van der Waals surface area contributed by atoms with Crippen LogP contribution in [-0.4, -0.2) is 18.1 Å². The number of hydrogen-bond acceptors (Lipinski definition) is 3. The molecule has 1 aliphatic carbocycles.